The maximum absolute atomic E-state index is 11.5. The van der Waals surface area contributed by atoms with Crippen LogP contribution < -0.4 is 5.32 Å². The van der Waals surface area contributed by atoms with Crippen LogP contribution in [0.4, 0.5) is 0 Å². The molecule has 82 valence electrons. The molecule has 0 aromatic heterocycles. The van der Waals surface area contributed by atoms with Crippen molar-refractivity contribution in [2.24, 2.45) is 0 Å². The highest BCUT2D eigenvalue weighted by Gasteiger charge is 2.06. The van der Waals surface area contributed by atoms with Gasteiger partial charge in [-0.15, -0.1) is 0 Å². The summed E-state index contributed by atoms with van der Waals surface area (Å²) in [5.74, 6) is -0.243. The van der Waals surface area contributed by atoms with Crippen molar-refractivity contribution < 1.29 is 13.2 Å². The Morgan fingerprint density at radius 2 is 2.27 bits per heavy atom. The number of benzene rings is 1. The Balaban J connectivity index is 2.58. The third-order valence-corrected chi connectivity index (χ3v) is 2.57. The molecule has 0 bridgehead atoms. The number of hydrogen-bond donors (Lipinski definition) is 1. The lowest BCUT2D eigenvalue weighted by atomic mass is 10.1. The number of aryl methyl sites for hydroxylation is 1. The average molecular weight is 227 g/mol. The third-order valence-electron chi connectivity index (χ3n) is 1.82. The van der Waals surface area contributed by atoms with E-state index in [2.05, 4.69) is 9.50 Å². The smallest absolute Gasteiger partial charge is 0.252 e. The van der Waals surface area contributed by atoms with Crippen LogP contribution in [0.1, 0.15) is 15.9 Å². The zero-order chi connectivity index (χ0) is 11.3. The molecule has 1 rings (SSSR count). The Morgan fingerprint density at radius 3 is 2.87 bits per heavy atom. The highest BCUT2D eigenvalue weighted by atomic mass is 32.2. The summed E-state index contributed by atoms with van der Waals surface area (Å²) >= 11 is -1.46. The van der Waals surface area contributed by atoms with Gasteiger partial charge in [-0.2, -0.15) is 0 Å². The Kier molecular flexibility index (Phi) is 4.45. The van der Waals surface area contributed by atoms with Gasteiger partial charge in [-0.1, -0.05) is 17.7 Å². The van der Waals surface area contributed by atoms with E-state index < -0.39 is 11.1 Å². The highest BCUT2D eigenvalue weighted by molar-refractivity contribution is 7.80. The van der Waals surface area contributed by atoms with Gasteiger partial charge in [0.2, 0.25) is 0 Å². The number of carbonyl (C=O) groups excluding carboxylic acids is 1. The molecule has 5 heteroatoms. The molecule has 1 aromatic rings. The molecule has 15 heavy (non-hydrogen) atoms. The second-order valence-corrected chi connectivity index (χ2v) is 4.22. The summed E-state index contributed by atoms with van der Waals surface area (Å²) < 4.78 is 15.4. The average Bonchev–Trinajstić information content (AvgIpc) is 2.25. The van der Waals surface area contributed by atoms with Crippen LogP contribution >= 0.6 is 0 Å². The van der Waals surface area contributed by atoms with E-state index in [1.54, 1.807) is 18.2 Å². The first-order valence-electron chi connectivity index (χ1n) is 4.41. The first kappa shape index (κ1) is 11.9. The summed E-state index contributed by atoms with van der Waals surface area (Å²) in [4.78, 5) is 11.5. The molecule has 1 N–H and O–H groups in total. The molecule has 0 fully saturated rings. The molecule has 1 aromatic carbocycles. The van der Waals surface area contributed by atoms with Crippen LogP contribution in [0.2, 0.25) is 0 Å². The van der Waals surface area contributed by atoms with Crippen LogP contribution in [0, 0.1) is 6.92 Å². The fourth-order valence-electron chi connectivity index (χ4n) is 1.07. The van der Waals surface area contributed by atoms with Crippen molar-refractivity contribution in [1.29, 1.82) is 0 Å². The minimum Gasteiger partial charge on any atom is -0.338 e. The largest absolute Gasteiger partial charge is 0.338 e. The monoisotopic (exact) mass is 227 g/mol. The minimum absolute atomic E-state index is 0.00325. The fraction of sp³-hybridized carbons (Fsp3) is 0.300. The van der Waals surface area contributed by atoms with Crippen LogP contribution in [-0.2, 0) is 15.3 Å². The van der Waals surface area contributed by atoms with Gasteiger partial charge < -0.3 is 5.32 Å². The van der Waals surface area contributed by atoms with E-state index in [0.717, 1.165) is 5.56 Å². The molecule has 0 saturated carbocycles. The van der Waals surface area contributed by atoms with E-state index in [0.29, 0.717) is 5.56 Å². The molecule has 0 aliphatic heterocycles. The van der Waals surface area contributed by atoms with Crippen molar-refractivity contribution in [3.8, 4) is 0 Å². The van der Waals surface area contributed by atoms with Crippen LogP contribution in [0.5, 0.6) is 0 Å². The Bertz CT molecular complexity index is 379. The summed E-state index contributed by atoms with van der Waals surface area (Å²) in [6.07, 6.45) is 0. The number of carbonyl (C=O) groups is 1. The molecule has 1 unspecified atom stereocenters. The van der Waals surface area contributed by atoms with Crippen molar-refractivity contribution in [3.05, 3.63) is 35.4 Å². The van der Waals surface area contributed by atoms with E-state index in [1.165, 1.54) is 7.11 Å². The first-order chi connectivity index (χ1) is 7.13. The maximum Gasteiger partial charge on any atom is 0.252 e. The second kappa shape index (κ2) is 5.63. The highest BCUT2D eigenvalue weighted by Crippen LogP contribution is 2.03. The Hall–Kier alpha value is -1.20. The van der Waals surface area contributed by atoms with Crippen molar-refractivity contribution in [2.75, 3.05) is 13.0 Å². The predicted octanol–water partition coefficient (Wildman–Crippen LogP) is 0.992. The predicted molar refractivity (Wildman–Crippen MR) is 58.7 cm³/mol. The van der Waals surface area contributed by atoms with Crippen LogP contribution in [-0.4, -0.2) is 23.1 Å². The van der Waals surface area contributed by atoms with E-state index in [9.17, 15) is 9.00 Å². The van der Waals surface area contributed by atoms with Gasteiger partial charge in [0.25, 0.3) is 5.91 Å². The Labute approximate surface area is 91.3 Å². The number of amides is 1. The number of nitrogens with one attached hydrogen (secondary N) is 1. The van der Waals surface area contributed by atoms with Gasteiger partial charge in [0.05, 0.1) is 7.11 Å². The summed E-state index contributed by atoms with van der Waals surface area (Å²) in [5.41, 5.74) is 1.57. The van der Waals surface area contributed by atoms with Gasteiger partial charge in [-0.25, -0.2) is 4.21 Å². The van der Waals surface area contributed by atoms with Gasteiger partial charge >= 0.3 is 0 Å². The molecule has 0 aliphatic carbocycles. The van der Waals surface area contributed by atoms with Crippen molar-refractivity contribution in [3.63, 3.8) is 0 Å². The zero-order valence-electron chi connectivity index (χ0n) is 8.65. The fourth-order valence-corrected chi connectivity index (χ4v) is 1.44. The van der Waals surface area contributed by atoms with Crippen molar-refractivity contribution in [2.45, 2.75) is 6.92 Å². The molecule has 0 aliphatic rings. The molecule has 0 radical (unpaired) electrons. The second-order valence-electron chi connectivity index (χ2n) is 2.99. The van der Waals surface area contributed by atoms with Gasteiger partial charge in [0.1, 0.15) is 5.88 Å². The quantitative estimate of drug-likeness (QED) is 0.834. The van der Waals surface area contributed by atoms with Crippen molar-refractivity contribution >= 4 is 17.0 Å². The van der Waals surface area contributed by atoms with E-state index in [1.807, 2.05) is 13.0 Å². The third kappa shape index (κ3) is 3.81. The van der Waals surface area contributed by atoms with Crippen LogP contribution in [0.3, 0.4) is 0 Å². The van der Waals surface area contributed by atoms with E-state index in [4.69, 9.17) is 0 Å². The van der Waals surface area contributed by atoms with Gasteiger partial charge in [0, 0.05) is 5.56 Å². The van der Waals surface area contributed by atoms with Crippen molar-refractivity contribution in [1.82, 2.24) is 5.32 Å². The van der Waals surface area contributed by atoms with Gasteiger partial charge in [-0.05, 0) is 19.1 Å². The number of hydrogen-bond acceptors (Lipinski definition) is 3. The molecule has 4 nitrogen and oxygen atoms in total. The summed E-state index contributed by atoms with van der Waals surface area (Å²) in [6, 6.07) is 7.19. The summed E-state index contributed by atoms with van der Waals surface area (Å²) in [5, 5.41) is 2.51. The summed E-state index contributed by atoms with van der Waals surface area (Å²) in [7, 11) is 1.33. The van der Waals surface area contributed by atoms with Gasteiger partial charge in [0.15, 0.2) is 11.1 Å². The molecular weight excluding hydrogens is 214 g/mol. The number of rotatable bonds is 4. The van der Waals surface area contributed by atoms with Crippen LogP contribution in [0.25, 0.3) is 0 Å². The standard InChI is InChI=1S/C10H13NO3S/c1-8-4-3-5-9(6-8)10(12)11-7-15(13)14-2/h3-6H,7H2,1-2H3,(H,11,12). The lowest BCUT2D eigenvalue weighted by Crippen LogP contribution is -2.27. The molecule has 1 atom stereocenters. The zero-order valence-corrected chi connectivity index (χ0v) is 9.47. The molecular formula is C10H13NO3S. The normalized spacial score (nSPS) is 12.1. The molecule has 1 amide bonds. The van der Waals surface area contributed by atoms with E-state index >= 15 is 0 Å². The van der Waals surface area contributed by atoms with E-state index in [-0.39, 0.29) is 11.8 Å². The first-order valence-corrected chi connectivity index (χ1v) is 5.65. The lowest BCUT2D eigenvalue weighted by Gasteiger charge is -2.04. The van der Waals surface area contributed by atoms with Gasteiger partial charge in [-0.3, -0.25) is 8.98 Å². The summed E-state index contributed by atoms with van der Waals surface area (Å²) in [6.45, 7) is 1.91. The Morgan fingerprint density at radius 1 is 1.53 bits per heavy atom. The topological polar surface area (TPSA) is 55.4 Å². The lowest BCUT2D eigenvalue weighted by molar-refractivity contribution is 0.0959. The maximum atomic E-state index is 11.5. The molecule has 0 saturated heterocycles. The molecule has 0 heterocycles. The van der Waals surface area contributed by atoms with Crippen LogP contribution in [0.15, 0.2) is 24.3 Å². The minimum atomic E-state index is -1.46. The molecule has 0 spiro atoms. The SMILES string of the molecule is COS(=O)CNC(=O)c1cccc(C)c1.